The van der Waals surface area contributed by atoms with Gasteiger partial charge in [-0.05, 0) is 47.7 Å². The van der Waals surface area contributed by atoms with E-state index in [1.165, 1.54) is 4.68 Å². The van der Waals surface area contributed by atoms with Crippen molar-refractivity contribution in [3.05, 3.63) is 73.8 Å². The maximum Gasteiger partial charge on any atom is 0.282 e. The van der Waals surface area contributed by atoms with Crippen LogP contribution in [-0.2, 0) is 0 Å². The quantitative estimate of drug-likeness (QED) is 0.499. The van der Waals surface area contributed by atoms with E-state index in [0.717, 1.165) is 9.13 Å². The minimum atomic E-state index is -0.153. The van der Waals surface area contributed by atoms with Crippen LogP contribution in [-0.4, -0.2) is 15.9 Å². The van der Waals surface area contributed by atoms with Gasteiger partial charge in [0.15, 0.2) is 0 Å². The van der Waals surface area contributed by atoms with Crippen molar-refractivity contribution in [1.29, 1.82) is 0 Å². The number of fused-ring (bicyclic) bond motifs is 1. The number of rotatable bonds is 2. The molecule has 0 radical (unpaired) electrons. The van der Waals surface area contributed by atoms with Gasteiger partial charge in [0.2, 0.25) is 0 Å². The predicted molar refractivity (Wildman–Crippen MR) is 92.9 cm³/mol. The molecular formula is C16H12IN3O. The molecule has 21 heavy (non-hydrogen) atoms. The molecule has 1 heterocycles. The summed E-state index contributed by atoms with van der Waals surface area (Å²) in [4.78, 5) is 16.9. The maximum absolute atomic E-state index is 12.5. The smallest absolute Gasteiger partial charge is 0.267 e. The first kappa shape index (κ1) is 13.9. The Morgan fingerprint density at radius 1 is 1.14 bits per heavy atom. The second-order valence-electron chi connectivity index (χ2n) is 4.56. The van der Waals surface area contributed by atoms with Crippen LogP contribution in [0.3, 0.4) is 0 Å². The Labute approximate surface area is 135 Å². The number of halogens is 1. The van der Waals surface area contributed by atoms with E-state index in [1.807, 2.05) is 42.5 Å². The Morgan fingerprint density at radius 2 is 1.86 bits per heavy atom. The first-order valence-corrected chi connectivity index (χ1v) is 7.52. The van der Waals surface area contributed by atoms with Crippen LogP contribution in [0.2, 0.25) is 0 Å². The number of benzene rings is 2. The molecule has 3 rings (SSSR count). The second kappa shape index (κ2) is 5.77. The largest absolute Gasteiger partial charge is 0.282 e. The van der Waals surface area contributed by atoms with Crippen LogP contribution in [0.25, 0.3) is 10.9 Å². The molecule has 0 atom stereocenters. The molecule has 0 saturated carbocycles. The Kier molecular flexibility index (Phi) is 3.83. The van der Waals surface area contributed by atoms with Gasteiger partial charge >= 0.3 is 0 Å². The van der Waals surface area contributed by atoms with Crippen LogP contribution < -0.4 is 5.56 Å². The van der Waals surface area contributed by atoms with Gasteiger partial charge in [0, 0.05) is 9.13 Å². The SMILES string of the molecule is Cc1nc2ccccc2c(=O)n1N=Cc1ccccc1I. The number of hydrogen-bond acceptors (Lipinski definition) is 3. The minimum Gasteiger partial charge on any atom is -0.267 e. The lowest BCUT2D eigenvalue weighted by Gasteiger charge is -2.05. The van der Waals surface area contributed by atoms with E-state index in [1.54, 1.807) is 19.2 Å². The molecule has 0 aliphatic rings. The Balaban J connectivity index is 2.13. The lowest BCUT2D eigenvalue weighted by molar-refractivity contribution is 0.771. The molecule has 0 amide bonds. The third-order valence-electron chi connectivity index (χ3n) is 3.13. The predicted octanol–water partition coefficient (Wildman–Crippen LogP) is 3.19. The Bertz CT molecular complexity index is 899. The van der Waals surface area contributed by atoms with Crippen molar-refractivity contribution in [2.45, 2.75) is 6.92 Å². The van der Waals surface area contributed by atoms with Gasteiger partial charge in [0.25, 0.3) is 5.56 Å². The minimum absolute atomic E-state index is 0.153. The fraction of sp³-hybridized carbons (Fsp3) is 0.0625. The van der Waals surface area contributed by atoms with Crippen LogP contribution in [0.5, 0.6) is 0 Å². The third kappa shape index (κ3) is 2.73. The standard InChI is InChI=1S/C16H12IN3O/c1-11-19-15-9-5-3-7-13(15)16(21)20(11)18-10-12-6-2-4-8-14(12)17/h2-10H,1H3. The van der Waals surface area contributed by atoms with Crippen LogP contribution >= 0.6 is 22.6 Å². The molecule has 3 aromatic rings. The highest BCUT2D eigenvalue weighted by molar-refractivity contribution is 14.1. The summed E-state index contributed by atoms with van der Waals surface area (Å²) in [5.41, 5.74) is 1.51. The molecule has 4 nitrogen and oxygen atoms in total. The number of nitrogens with zero attached hydrogens (tertiary/aromatic N) is 3. The van der Waals surface area contributed by atoms with Crippen molar-refractivity contribution >= 4 is 39.7 Å². The van der Waals surface area contributed by atoms with E-state index in [0.29, 0.717) is 16.7 Å². The zero-order chi connectivity index (χ0) is 14.8. The molecule has 0 saturated heterocycles. The zero-order valence-electron chi connectivity index (χ0n) is 11.3. The van der Waals surface area contributed by atoms with Crippen molar-refractivity contribution in [2.75, 3.05) is 0 Å². The fourth-order valence-corrected chi connectivity index (χ4v) is 2.60. The van der Waals surface area contributed by atoms with E-state index < -0.39 is 0 Å². The molecular weight excluding hydrogens is 377 g/mol. The van der Waals surface area contributed by atoms with E-state index in [2.05, 4.69) is 32.7 Å². The molecule has 0 fully saturated rings. The number of aryl methyl sites for hydroxylation is 1. The van der Waals surface area contributed by atoms with E-state index in [4.69, 9.17) is 0 Å². The molecule has 0 spiro atoms. The molecule has 1 aromatic heterocycles. The summed E-state index contributed by atoms with van der Waals surface area (Å²) in [6.45, 7) is 1.78. The highest BCUT2D eigenvalue weighted by Gasteiger charge is 2.06. The van der Waals surface area contributed by atoms with Gasteiger partial charge in [0.05, 0.1) is 17.1 Å². The molecule has 0 aliphatic heterocycles. The maximum atomic E-state index is 12.5. The summed E-state index contributed by atoms with van der Waals surface area (Å²) in [5.74, 6) is 0.570. The third-order valence-corrected chi connectivity index (χ3v) is 4.12. The summed E-state index contributed by atoms with van der Waals surface area (Å²) >= 11 is 2.24. The average molecular weight is 389 g/mol. The van der Waals surface area contributed by atoms with Gasteiger partial charge in [0.1, 0.15) is 5.82 Å². The zero-order valence-corrected chi connectivity index (χ0v) is 13.5. The van der Waals surface area contributed by atoms with Crippen LogP contribution in [0.1, 0.15) is 11.4 Å². The topological polar surface area (TPSA) is 47.2 Å². The molecule has 2 aromatic carbocycles. The molecule has 5 heteroatoms. The summed E-state index contributed by atoms with van der Waals surface area (Å²) < 4.78 is 2.42. The highest BCUT2D eigenvalue weighted by Crippen LogP contribution is 2.10. The molecule has 0 bridgehead atoms. The van der Waals surface area contributed by atoms with E-state index >= 15 is 0 Å². The van der Waals surface area contributed by atoms with Gasteiger partial charge < -0.3 is 0 Å². The van der Waals surface area contributed by atoms with Crippen molar-refractivity contribution in [3.63, 3.8) is 0 Å². The van der Waals surface area contributed by atoms with Crippen LogP contribution in [0, 0.1) is 10.5 Å². The summed E-state index contributed by atoms with van der Waals surface area (Å²) in [7, 11) is 0. The first-order chi connectivity index (χ1) is 10.2. The molecule has 104 valence electrons. The lowest BCUT2D eigenvalue weighted by Crippen LogP contribution is -2.20. The van der Waals surface area contributed by atoms with Gasteiger partial charge in [-0.3, -0.25) is 4.79 Å². The summed E-state index contributed by atoms with van der Waals surface area (Å²) in [6, 6.07) is 15.2. The van der Waals surface area contributed by atoms with Crippen molar-refractivity contribution in [1.82, 2.24) is 9.66 Å². The van der Waals surface area contributed by atoms with E-state index in [9.17, 15) is 4.79 Å². The van der Waals surface area contributed by atoms with Crippen molar-refractivity contribution in [3.8, 4) is 0 Å². The molecule has 0 N–H and O–H groups in total. The second-order valence-corrected chi connectivity index (χ2v) is 5.72. The average Bonchev–Trinajstić information content (AvgIpc) is 2.49. The lowest BCUT2D eigenvalue weighted by atomic mass is 10.2. The summed E-state index contributed by atoms with van der Waals surface area (Å²) in [5, 5.41) is 4.87. The number of aromatic nitrogens is 2. The number of para-hydroxylation sites is 1. The van der Waals surface area contributed by atoms with Gasteiger partial charge in [-0.2, -0.15) is 9.78 Å². The Hall–Kier alpha value is -2.02. The monoisotopic (exact) mass is 389 g/mol. The van der Waals surface area contributed by atoms with Crippen molar-refractivity contribution in [2.24, 2.45) is 5.10 Å². The highest BCUT2D eigenvalue weighted by atomic mass is 127. The molecule has 0 aliphatic carbocycles. The van der Waals surface area contributed by atoms with Gasteiger partial charge in [-0.1, -0.05) is 30.3 Å². The number of hydrogen-bond donors (Lipinski definition) is 0. The van der Waals surface area contributed by atoms with Crippen LogP contribution in [0.15, 0.2) is 58.4 Å². The van der Waals surface area contributed by atoms with Gasteiger partial charge in [-0.15, -0.1) is 0 Å². The summed E-state index contributed by atoms with van der Waals surface area (Å²) in [6.07, 6.45) is 1.69. The first-order valence-electron chi connectivity index (χ1n) is 6.44. The van der Waals surface area contributed by atoms with E-state index in [-0.39, 0.29) is 5.56 Å². The fourth-order valence-electron chi connectivity index (χ4n) is 2.07. The molecule has 0 unspecified atom stereocenters. The Morgan fingerprint density at radius 3 is 2.67 bits per heavy atom. The van der Waals surface area contributed by atoms with Crippen molar-refractivity contribution < 1.29 is 0 Å². The normalized spacial score (nSPS) is 11.3. The van der Waals surface area contributed by atoms with Gasteiger partial charge in [-0.25, -0.2) is 4.98 Å². The van der Waals surface area contributed by atoms with Crippen LogP contribution in [0.4, 0.5) is 0 Å².